The number of hydrazine groups is 1. The Morgan fingerprint density at radius 3 is 2.42 bits per heavy atom. The minimum absolute atomic E-state index is 0.424. The normalized spacial score (nSPS) is 19.3. The summed E-state index contributed by atoms with van der Waals surface area (Å²) in [7, 11) is 0. The first-order chi connectivity index (χ1) is 9.35. The summed E-state index contributed by atoms with van der Waals surface area (Å²) in [6.07, 6.45) is 6.35. The second-order valence-electron chi connectivity index (χ2n) is 5.30. The molecule has 0 radical (unpaired) electrons. The van der Waals surface area contributed by atoms with Gasteiger partial charge in [-0.2, -0.15) is 15.0 Å². The summed E-state index contributed by atoms with van der Waals surface area (Å²) in [4.78, 5) is 15.2. The zero-order valence-electron chi connectivity index (χ0n) is 11.1. The van der Waals surface area contributed by atoms with E-state index in [1.54, 1.807) is 0 Å². The second-order valence-corrected chi connectivity index (χ2v) is 5.30. The zero-order chi connectivity index (χ0) is 13.1. The van der Waals surface area contributed by atoms with Gasteiger partial charge in [-0.25, -0.2) is 5.84 Å². The number of hydrogen-bond acceptors (Lipinski definition) is 7. The van der Waals surface area contributed by atoms with Crippen molar-refractivity contribution in [3.8, 4) is 0 Å². The molecule has 0 unspecified atom stereocenters. The molecule has 1 aliphatic heterocycles. The SMILES string of the molecule is NNc1nc(NCC2CCC2)nc(N2CCCC2)n1. The third kappa shape index (κ3) is 2.86. The summed E-state index contributed by atoms with van der Waals surface area (Å²) >= 11 is 0. The van der Waals surface area contributed by atoms with Crippen LogP contribution in [0.4, 0.5) is 17.8 Å². The summed E-state index contributed by atoms with van der Waals surface area (Å²) < 4.78 is 0. The van der Waals surface area contributed by atoms with Gasteiger partial charge in [0.15, 0.2) is 0 Å². The van der Waals surface area contributed by atoms with Crippen LogP contribution in [-0.4, -0.2) is 34.6 Å². The van der Waals surface area contributed by atoms with Crippen LogP contribution in [0.3, 0.4) is 0 Å². The third-order valence-electron chi connectivity index (χ3n) is 3.92. The van der Waals surface area contributed by atoms with E-state index in [1.165, 1.54) is 32.1 Å². The zero-order valence-corrected chi connectivity index (χ0v) is 11.1. The summed E-state index contributed by atoms with van der Waals surface area (Å²) in [6, 6.07) is 0. The van der Waals surface area contributed by atoms with E-state index in [9.17, 15) is 0 Å². The number of nitrogens with two attached hydrogens (primary N) is 1. The number of nitrogen functional groups attached to an aromatic ring is 1. The van der Waals surface area contributed by atoms with Gasteiger partial charge in [0.1, 0.15) is 0 Å². The molecule has 3 rings (SSSR count). The van der Waals surface area contributed by atoms with Gasteiger partial charge in [-0.1, -0.05) is 6.42 Å². The van der Waals surface area contributed by atoms with Gasteiger partial charge in [-0.05, 0) is 31.6 Å². The lowest BCUT2D eigenvalue weighted by atomic mass is 9.85. The van der Waals surface area contributed by atoms with Crippen LogP contribution in [0.15, 0.2) is 0 Å². The van der Waals surface area contributed by atoms with Crippen LogP contribution in [0.2, 0.25) is 0 Å². The smallest absolute Gasteiger partial charge is 0.243 e. The molecule has 1 aromatic rings. The van der Waals surface area contributed by atoms with Gasteiger partial charge in [-0.3, -0.25) is 5.43 Å². The van der Waals surface area contributed by atoms with Crippen LogP contribution in [0.5, 0.6) is 0 Å². The predicted octanol–water partition coefficient (Wildman–Crippen LogP) is 0.969. The van der Waals surface area contributed by atoms with E-state index in [0.717, 1.165) is 31.5 Å². The molecule has 104 valence electrons. The van der Waals surface area contributed by atoms with Crippen LogP contribution in [-0.2, 0) is 0 Å². The molecule has 7 heteroatoms. The van der Waals surface area contributed by atoms with E-state index in [1.807, 2.05) is 0 Å². The fourth-order valence-corrected chi connectivity index (χ4v) is 2.50. The highest BCUT2D eigenvalue weighted by atomic mass is 15.4. The second kappa shape index (κ2) is 5.56. The lowest BCUT2D eigenvalue weighted by molar-refractivity contribution is 0.333. The van der Waals surface area contributed by atoms with E-state index in [-0.39, 0.29) is 0 Å². The van der Waals surface area contributed by atoms with Gasteiger partial charge >= 0.3 is 0 Å². The Bertz CT molecular complexity index is 426. The van der Waals surface area contributed by atoms with Crippen molar-refractivity contribution in [3.05, 3.63) is 0 Å². The van der Waals surface area contributed by atoms with Gasteiger partial charge in [0.2, 0.25) is 17.8 Å². The van der Waals surface area contributed by atoms with Crippen molar-refractivity contribution in [3.63, 3.8) is 0 Å². The number of nitrogens with one attached hydrogen (secondary N) is 2. The molecule has 2 aliphatic rings. The summed E-state index contributed by atoms with van der Waals surface area (Å²) in [5.41, 5.74) is 2.52. The van der Waals surface area contributed by atoms with Crippen molar-refractivity contribution < 1.29 is 0 Å². The number of nitrogens with zero attached hydrogens (tertiary/aromatic N) is 4. The molecular weight excluding hydrogens is 242 g/mol. The number of aromatic nitrogens is 3. The van der Waals surface area contributed by atoms with Gasteiger partial charge in [0.25, 0.3) is 0 Å². The van der Waals surface area contributed by atoms with Crippen molar-refractivity contribution in [2.45, 2.75) is 32.1 Å². The van der Waals surface area contributed by atoms with Crippen LogP contribution in [0, 0.1) is 5.92 Å². The highest BCUT2D eigenvalue weighted by molar-refractivity contribution is 5.43. The Morgan fingerprint density at radius 1 is 1.05 bits per heavy atom. The van der Waals surface area contributed by atoms with Crippen LogP contribution >= 0.6 is 0 Å². The van der Waals surface area contributed by atoms with E-state index in [4.69, 9.17) is 5.84 Å². The Balaban J connectivity index is 1.71. The molecule has 2 heterocycles. The maximum atomic E-state index is 5.43. The molecule has 0 atom stereocenters. The molecule has 1 saturated carbocycles. The number of rotatable bonds is 5. The highest BCUT2D eigenvalue weighted by Crippen LogP contribution is 2.26. The molecule has 7 nitrogen and oxygen atoms in total. The average molecular weight is 263 g/mol. The highest BCUT2D eigenvalue weighted by Gasteiger charge is 2.19. The van der Waals surface area contributed by atoms with E-state index in [2.05, 4.69) is 30.6 Å². The molecule has 2 fully saturated rings. The van der Waals surface area contributed by atoms with E-state index in [0.29, 0.717) is 11.9 Å². The fraction of sp³-hybridized carbons (Fsp3) is 0.750. The largest absolute Gasteiger partial charge is 0.354 e. The van der Waals surface area contributed by atoms with Gasteiger partial charge < -0.3 is 10.2 Å². The summed E-state index contributed by atoms with van der Waals surface area (Å²) in [5.74, 6) is 7.96. The standard InChI is InChI=1S/C12H21N7/c13-18-11-15-10(14-8-9-4-3-5-9)16-12(17-11)19-6-1-2-7-19/h9H,1-8,13H2,(H2,14,15,16,17,18). The minimum Gasteiger partial charge on any atom is -0.354 e. The first kappa shape index (κ1) is 12.4. The third-order valence-corrected chi connectivity index (χ3v) is 3.92. The van der Waals surface area contributed by atoms with Gasteiger partial charge in [0.05, 0.1) is 0 Å². The van der Waals surface area contributed by atoms with E-state index >= 15 is 0 Å². The van der Waals surface area contributed by atoms with Crippen molar-refractivity contribution in [1.29, 1.82) is 0 Å². The van der Waals surface area contributed by atoms with Gasteiger partial charge in [-0.15, -0.1) is 0 Å². The van der Waals surface area contributed by atoms with Crippen molar-refractivity contribution in [1.82, 2.24) is 15.0 Å². The molecule has 0 bridgehead atoms. The molecular formula is C12H21N7. The lowest BCUT2D eigenvalue weighted by Crippen LogP contribution is -2.25. The van der Waals surface area contributed by atoms with Crippen LogP contribution < -0.4 is 21.5 Å². The predicted molar refractivity (Wildman–Crippen MR) is 74.9 cm³/mol. The maximum Gasteiger partial charge on any atom is 0.243 e. The molecule has 1 aromatic heterocycles. The first-order valence-corrected chi connectivity index (χ1v) is 7.06. The number of anilines is 3. The first-order valence-electron chi connectivity index (χ1n) is 7.06. The van der Waals surface area contributed by atoms with Crippen LogP contribution in [0.25, 0.3) is 0 Å². The van der Waals surface area contributed by atoms with Crippen molar-refractivity contribution in [2.75, 3.05) is 35.3 Å². The van der Waals surface area contributed by atoms with E-state index < -0.39 is 0 Å². The monoisotopic (exact) mass is 263 g/mol. The Hall–Kier alpha value is -1.63. The summed E-state index contributed by atoms with van der Waals surface area (Å²) in [6.45, 7) is 2.96. The Kier molecular flexibility index (Phi) is 3.63. The van der Waals surface area contributed by atoms with Crippen molar-refractivity contribution in [2.24, 2.45) is 11.8 Å². The van der Waals surface area contributed by atoms with Crippen molar-refractivity contribution >= 4 is 17.8 Å². The fourth-order valence-electron chi connectivity index (χ4n) is 2.50. The number of hydrogen-bond donors (Lipinski definition) is 3. The molecule has 19 heavy (non-hydrogen) atoms. The maximum absolute atomic E-state index is 5.43. The molecule has 4 N–H and O–H groups in total. The molecule has 0 amide bonds. The topological polar surface area (TPSA) is 92.0 Å². The minimum atomic E-state index is 0.424. The lowest BCUT2D eigenvalue weighted by Gasteiger charge is -2.25. The molecule has 0 aromatic carbocycles. The van der Waals surface area contributed by atoms with Crippen LogP contribution in [0.1, 0.15) is 32.1 Å². The quantitative estimate of drug-likeness (QED) is 0.538. The molecule has 1 saturated heterocycles. The molecule has 0 spiro atoms. The average Bonchev–Trinajstić information content (AvgIpc) is 2.90. The molecule has 1 aliphatic carbocycles. The Morgan fingerprint density at radius 2 is 1.79 bits per heavy atom. The Labute approximate surface area is 113 Å². The van der Waals surface area contributed by atoms with Gasteiger partial charge in [0, 0.05) is 19.6 Å². The summed E-state index contributed by atoms with van der Waals surface area (Å²) in [5, 5.41) is 3.30.